The van der Waals surface area contributed by atoms with Gasteiger partial charge in [-0.3, -0.25) is 4.79 Å². The number of benzene rings is 1. The number of unbranched alkanes of at least 4 members (excludes halogenated alkanes) is 4. The molecule has 2 amide bonds. The van der Waals surface area contributed by atoms with Crippen molar-refractivity contribution in [1.29, 1.82) is 0 Å². The van der Waals surface area contributed by atoms with Crippen LogP contribution in [0.25, 0.3) is 0 Å². The van der Waals surface area contributed by atoms with Gasteiger partial charge in [0.05, 0.1) is 12.2 Å². The van der Waals surface area contributed by atoms with Crippen molar-refractivity contribution in [2.24, 2.45) is 0 Å². The van der Waals surface area contributed by atoms with Gasteiger partial charge >= 0.3 is 6.09 Å². The summed E-state index contributed by atoms with van der Waals surface area (Å²) in [5, 5.41) is 0. The van der Waals surface area contributed by atoms with Crippen LogP contribution in [0.3, 0.4) is 0 Å². The number of fused-ring (bicyclic) bond motifs is 1. The highest BCUT2D eigenvalue weighted by atomic mass is 32.2. The molecule has 1 aliphatic heterocycles. The van der Waals surface area contributed by atoms with E-state index in [1.54, 1.807) is 6.07 Å². The molecule has 0 saturated heterocycles. The molecule has 0 radical (unpaired) electrons. The van der Waals surface area contributed by atoms with Crippen LogP contribution in [0.2, 0.25) is 0 Å². The molecule has 1 aromatic rings. The first-order chi connectivity index (χ1) is 10.5. The van der Waals surface area contributed by atoms with E-state index in [0.717, 1.165) is 25.7 Å². The zero-order valence-corrected chi connectivity index (χ0v) is 13.3. The van der Waals surface area contributed by atoms with Crippen molar-refractivity contribution in [1.82, 2.24) is 4.31 Å². The molecule has 22 heavy (non-hydrogen) atoms. The fraction of sp³-hybridized carbons (Fsp3) is 0.467. The lowest BCUT2D eigenvalue weighted by Gasteiger charge is -2.13. The second-order valence-corrected chi connectivity index (χ2v) is 6.85. The van der Waals surface area contributed by atoms with E-state index in [1.165, 1.54) is 18.2 Å². The van der Waals surface area contributed by atoms with Crippen LogP contribution in [0.4, 0.5) is 4.79 Å². The Hall–Kier alpha value is -1.89. The summed E-state index contributed by atoms with van der Waals surface area (Å²) in [6.45, 7) is 2.21. The lowest BCUT2D eigenvalue weighted by molar-refractivity contribution is 0.0804. The second kappa shape index (κ2) is 6.91. The van der Waals surface area contributed by atoms with E-state index in [1.807, 2.05) is 0 Å². The van der Waals surface area contributed by atoms with Gasteiger partial charge in [-0.1, -0.05) is 44.7 Å². The van der Waals surface area contributed by atoms with Crippen molar-refractivity contribution in [3.63, 3.8) is 0 Å². The Balaban J connectivity index is 1.98. The van der Waals surface area contributed by atoms with E-state index in [-0.39, 0.29) is 21.4 Å². The Bertz CT molecular complexity index is 668. The summed E-state index contributed by atoms with van der Waals surface area (Å²) in [4.78, 5) is 23.9. The molecule has 0 saturated carbocycles. The molecular formula is C15H19NO5S. The van der Waals surface area contributed by atoms with Gasteiger partial charge in [-0.15, -0.1) is 4.31 Å². The van der Waals surface area contributed by atoms with Crippen molar-refractivity contribution in [3.8, 4) is 0 Å². The maximum absolute atomic E-state index is 12.2. The highest BCUT2D eigenvalue weighted by Crippen LogP contribution is 2.30. The molecule has 0 spiro atoms. The minimum Gasteiger partial charge on any atom is -0.448 e. The number of ether oxygens (including phenoxy) is 1. The highest BCUT2D eigenvalue weighted by Gasteiger charge is 2.46. The number of amides is 2. The predicted octanol–water partition coefficient (Wildman–Crippen LogP) is 2.94. The molecule has 1 aromatic carbocycles. The third kappa shape index (κ3) is 3.14. The summed E-state index contributed by atoms with van der Waals surface area (Å²) in [5.41, 5.74) is 0.00222. The van der Waals surface area contributed by atoms with Gasteiger partial charge in [-0.2, -0.15) is 0 Å². The smallest absolute Gasteiger partial charge is 0.431 e. The third-order valence-electron chi connectivity index (χ3n) is 3.46. The fourth-order valence-electron chi connectivity index (χ4n) is 2.29. The van der Waals surface area contributed by atoms with Crippen LogP contribution in [0.15, 0.2) is 29.2 Å². The lowest BCUT2D eigenvalue weighted by atomic mass is 10.2. The molecule has 2 rings (SSSR count). The van der Waals surface area contributed by atoms with E-state index in [2.05, 4.69) is 6.92 Å². The molecule has 7 heteroatoms. The van der Waals surface area contributed by atoms with Gasteiger partial charge in [0.25, 0.3) is 15.9 Å². The van der Waals surface area contributed by atoms with Crippen molar-refractivity contribution in [2.45, 2.75) is 43.9 Å². The molecule has 0 fully saturated rings. The molecule has 0 unspecified atom stereocenters. The Labute approximate surface area is 130 Å². The van der Waals surface area contributed by atoms with Crippen LogP contribution in [-0.2, 0) is 14.8 Å². The molecule has 1 heterocycles. The number of rotatable bonds is 6. The Morgan fingerprint density at radius 1 is 1.14 bits per heavy atom. The van der Waals surface area contributed by atoms with Gasteiger partial charge in [-0.05, 0) is 18.6 Å². The number of hydrogen-bond acceptors (Lipinski definition) is 5. The van der Waals surface area contributed by atoms with Gasteiger partial charge in [0.15, 0.2) is 0 Å². The van der Waals surface area contributed by atoms with Crippen LogP contribution < -0.4 is 0 Å². The average Bonchev–Trinajstić information content (AvgIpc) is 2.70. The summed E-state index contributed by atoms with van der Waals surface area (Å²) in [6, 6.07) is 5.74. The Morgan fingerprint density at radius 3 is 2.50 bits per heavy atom. The van der Waals surface area contributed by atoms with E-state index >= 15 is 0 Å². The van der Waals surface area contributed by atoms with E-state index in [4.69, 9.17) is 4.74 Å². The van der Waals surface area contributed by atoms with Gasteiger partial charge in [0.2, 0.25) is 0 Å². The van der Waals surface area contributed by atoms with Gasteiger partial charge < -0.3 is 4.74 Å². The van der Waals surface area contributed by atoms with Gasteiger partial charge in [-0.25, -0.2) is 13.2 Å². The van der Waals surface area contributed by atoms with Gasteiger partial charge in [0.1, 0.15) is 4.90 Å². The second-order valence-electron chi connectivity index (χ2n) is 5.10. The summed E-state index contributed by atoms with van der Waals surface area (Å²) in [5.74, 6) is -0.855. The van der Waals surface area contributed by atoms with Crippen LogP contribution >= 0.6 is 0 Å². The average molecular weight is 325 g/mol. The SMILES string of the molecule is CCCCCCCOC(=O)N1C(=O)c2ccccc2S1(=O)=O. The third-order valence-corrected chi connectivity index (χ3v) is 5.17. The first kappa shape index (κ1) is 16.5. The molecule has 120 valence electrons. The van der Waals surface area contributed by atoms with Crippen LogP contribution in [0.1, 0.15) is 49.4 Å². The fourth-order valence-corrected chi connectivity index (χ4v) is 3.74. The monoisotopic (exact) mass is 325 g/mol. The van der Waals surface area contributed by atoms with E-state index in [9.17, 15) is 18.0 Å². The number of sulfonamides is 1. The molecule has 0 bridgehead atoms. The van der Waals surface area contributed by atoms with Crippen molar-refractivity contribution < 1.29 is 22.7 Å². The minimum atomic E-state index is -4.14. The zero-order chi connectivity index (χ0) is 16.2. The molecule has 0 N–H and O–H groups in total. The maximum Gasteiger partial charge on any atom is 0.431 e. The van der Waals surface area contributed by atoms with Crippen molar-refractivity contribution in [2.75, 3.05) is 6.61 Å². The molecule has 1 aliphatic rings. The predicted molar refractivity (Wildman–Crippen MR) is 79.9 cm³/mol. The molecule has 6 nitrogen and oxygen atoms in total. The van der Waals surface area contributed by atoms with Crippen molar-refractivity contribution in [3.05, 3.63) is 29.8 Å². The van der Waals surface area contributed by atoms with Crippen LogP contribution in [-0.4, -0.2) is 31.3 Å². The number of hydrogen-bond donors (Lipinski definition) is 0. The molecule has 0 aliphatic carbocycles. The van der Waals surface area contributed by atoms with E-state index in [0.29, 0.717) is 6.42 Å². The Kier molecular flexibility index (Phi) is 5.18. The van der Waals surface area contributed by atoms with E-state index < -0.39 is 22.0 Å². The topological polar surface area (TPSA) is 80.8 Å². The maximum atomic E-state index is 12.2. The highest BCUT2D eigenvalue weighted by molar-refractivity contribution is 7.90. The standard InChI is InChI=1S/C15H19NO5S/c1-2-3-4-5-8-11-21-15(18)16-14(17)12-9-6-7-10-13(12)22(16,19)20/h6-7,9-10H,2-5,8,11H2,1H3. The zero-order valence-electron chi connectivity index (χ0n) is 12.4. The minimum absolute atomic E-state index is 0.00222. The summed E-state index contributed by atoms with van der Waals surface area (Å²) in [7, 11) is -4.14. The van der Waals surface area contributed by atoms with Crippen LogP contribution in [0.5, 0.6) is 0 Å². The van der Waals surface area contributed by atoms with Gasteiger partial charge in [0, 0.05) is 0 Å². The normalized spacial score (nSPS) is 15.7. The first-order valence-electron chi connectivity index (χ1n) is 7.35. The quantitative estimate of drug-likeness (QED) is 0.751. The molecule has 0 atom stereocenters. The first-order valence-corrected chi connectivity index (χ1v) is 8.79. The lowest BCUT2D eigenvalue weighted by Crippen LogP contribution is -2.36. The summed E-state index contributed by atoms with van der Waals surface area (Å²) >= 11 is 0. The number of carbonyl (C=O) groups is 2. The number of carbonyl (C=O) groups excluding carboxylic acids is 2. The number of nitrogens with zero attached hydrogens (tertiary/aromatic N) is 1. The summed E-state index contributed by atoms with van der Waals surface area (Å²) in [6.07, 6.45) is 3.70. The van der Waals surface area contributed by atoms with Crippen molar-refractivity contribution >= 4 is 22.0 Å². The molecule has 0 aromatic heterocycles. The largest absolute Gasteiger partial charge is 0.448 e. The summed E-state index contributed by atoms with van der Waals surface area (Å²) < 4.78 is 29.6. The van der Waals surface area contributed by atoms with Crippen LogP contribution in [0, 0.1) is 0 Å². The Morgan fingerprint density at radius 2 is 1.82 bits per heavy atom. The molecular weight excluding hydrogens is 306 g/mol. The number of imide groups is 1.